The summed E-state index contributed by atoms with van der Waals surface area (Å²) in [5.74, 6) is -0.759. The smallest absolute Gasteiger partial charge is 0.358 e. The number of halogens is 2. The van der Waals surface area contributed by atoms with Crippen LogP contribution in [0.2, 0.25) is 0 Å². The van der Waals surface area contributed by atoms with Crippen molar-refractivity contribution in [3.8, 4) is 5.75 Å². The van der Waals surface area contributed by atoms with Gasteiger partial charge in [-0.1, -0.05) is 41.6 Å². The van der Waals surface area contributed by atoms with Crippen molar-refractivity contribution in [1.29, 1.82) is 0 Å². The summed E-state index contributed by atoms with van der Waals surface area (Å²) in [7, 11) is 1.26. The van der Waals surface area contributed by atoms with E-state index in [9.17, 15) is 18.7 Å². The first-order valence-electron chi connectivity index (χ1n) is 7.19. The lowest BCUT2D eigenvalue weighted by Crippen LogP contribution is -2.17. The van der Waals surface area contributed by atoms with E-state index in [1.54, 1.807) is 36.4 Å². The molecule has 25 heavy (non-hydrogen) atoms. The van der Waals surface area contributed by atoms with E-state index in [2.05, 4.69) is 9.99 Å². The number of hydrogen-bond donors (Lipinski definition) is 1. The molecular weight excluding hydrogens is 332 g/mol. The highest BCUT2D eigenvalue weighted by molar-refractivity contribution is 6.42. The molecule has 0 fully saturated rings. The third-order valence-electron chi connectivity index (χ3n) is 3.21. The molecule has 2 rings (SSSR count). The van der Waals surface area contributed by atoms with E-state index in [1.807, 2.05) is 0 Å². The number of ether oxygens (including phenoxy) is 1. The highest BCUT2D eigenvalue weighted by atomic mass is 19.3. The van der Waals surface area contributed by atoms with E-state index in [1.165, 1.54) is 19.2 Å². The molecule has 0 aromatic heterocycles. The number of hydrogen-bond acceptors (Lipinski definition) is 4. The molecule has 0 radical (unpaired) electrons. The lowest BCUT2D eigenvalue weighted by atomic mass is 10.0. The van der Waals surface area contributed by atoms with Gasteiger partial charge in [0.05, 0.1) is 0 Å². The lowest BCUT2D eigenvalue weighted by Gasteiger charge is -2.11. The molecule has 0 aliphatic heterocycles. The Bertz CT molecular complexity index is 797. The fraction of sp³-hybridized carbons (Fsp3) is 0.111. The monoisotopic (exact) mass is 347 g/mol. The molecule has 2 aromatic rings. The van der Waals surface area contributed by atoms with Crippen LogP contribution in [0.4, 0.5) is 8.78 Å². The minimum Gasteiger partial charge on any atom is -0.489 e. The van der Waals surface area contributed by atoms with Gasteiger partial charge in [-0.05, 0) is 23.3 Å². The van der Waals surface area contributed by atoms with Gasteiger partial charge in [-0.25, -0.2) is 4.79 Å². The Morgan fingerprint density at radius 1 is 1.16 bits per heavy atom. The van der Waals surface area contributed by atoms with Gasteiger partial charge < -0.3 is 14.7 Å². The van der Waals surface area contributed by atoms with Gasteiger partial charge in [-0.3, -0.25) is 0 Å². The number of rotatable bonds is 7. The third-order valence-corrected chi connectivity index (χ3v) is 3.21. The number of carboxylic acids is 1. The molecule has 0 aliphatic rings. The summed E-state index contributed by atoms with van der Waals surface area (Å²) in [6, 6.07) is 12.8. The maximum absolute atomic E-state index is 12.2. The van der Waals surface area contributed by atoms with Crippen LogP contribution in [-0.2, 0) is 16.2 Å². The molecule has 1 N–H and O–H groups in total. The molecule has 130 valence electrons. The molecule has 0 amide bonds. The van der Waals surface area contributed by atoms with Crippen molar-refractivity contribution in [3.63, 3.8) is 0 Å². The van der Waals surface area contributed by atoms with Gasteiger partial charge in [0.15, 0.2) is 5.71 Å². The van der Waals surface area contributed by atoms with Crippen LogP contribution in [-0.4, -0.2) is 23.9 Å². The van der Waals surface area contributed by atoms with Gasteiger partial charge in [0.1, 0.15) is 19.5 Å². The van der Waals surface area contributed by atoms with Crippen molar-refractivity contribution in [2.45, 2.75) is 6.61 Å². The normalized spacial score (nSPS) is 10.9. The van der Waals surface area contributed by atoms with Crippen LogP contribution in [0.3, 0.4) is 0 Å². The standard InChI is InChI=1S/C18H15F2NO4/c1-24-21-17(18(22)23)15-5-3-2-4-13(15)11-25-14-8-6-12(7-9-14)10-16(19)20/h2-10H,11H2,1H3,(H,22,23)/b21-17+. The zero-order valence-electron chi connectivity index (χ0n) is 13.3. The van der Waals surface area contributed by atoms with E-state index in [-0.39, 0.29) is 12.3 Å². The van der Waals surface area contributed by atoms with Crippen LogP contribution < -0.4 is 4.74 Å². The Balaban J connectivity index is 2.17. The van der Waals surface area contributed by atoms with Gasteiger partial charge in [0, 0.05) is 11.6 Å². The number of aliphatic carboxylic acids is 1. The predicted octanol–water partition coefficient (Wildman–Crippen LogP) is 3.94. The van der Waals surface area contributed by atoms with Gasteiger partial charge in [0.2, 0.25) is 0 Å². The van der Waals surface area contributed by atoms with Crippen molar-refractivity contribution < 1.29 is 28.3 Å². The number of oxime groups is 1. The molecule has 0 aliphatic carbocycles. The quantitative estimate of drug-likeness (QED) is 0.608. The van der Waals surface area contributed by atoms with Crippen molar-refractivity contribution in [1.82, 2.24) is 0 Å². The van der Waals surface area contributed by atoms with E-state index in [0.29, 0.717) is 22.4 Å². The summed E-state index contributed by atoms with van der Waals surface area (Å²) < 4.78 is 30.0. The Hall–Kier alpha value is -3.22. The summed E-state index contributed by atoms with van der Waals surface area (Å²) in [5, 5.41) is 12.8. The summed E-state index contributed by atoms with van der Waals surface area (Å²) in [6.45, 7) is 0.0822. The van der Waals surface area contributed by atoms with Gasteiger partial charge in [0.25, 0.3) is 6.08 Å². The molecule has 0 heterocycles. The van der Waals surface area contributed by atoms with Crippen LogP contribution in [0.25, 0.3) is 6.08 Å². The third kappa shape index (κ3) is 5.13. The minimum absolute atomic E-state index is 0.0822. The molecule has 0 saturated carbocycles. The molecule has 0 spiro atoms. The van der Waals surface area contributed by atoms with Gasteiger partial charge in [-0.15, -0.1) is 0 Å². The maximum Gasteiger partial charge on any atom is 0.358 e. The van der Waals surface area contributed by atoms with E-state index in [4.69, 9.17) is 4.74 Å². The second kappa shape index (κ2) is 8.58. The summed E-state index contributed by atoms with van der Waals surface area (Å²) in [5.41, 5.74) is 1.09. The minimum atomic E-state index is -1.78. The van der Waals surface area contributed by atoms with Crippen LogP contribution in [0, 0.1) is 0 Å². The topological polar surface area (TPSA) is 68.1 Å². The van der Waals surface area contributed by atoms with Crippen molar-refractivity contribution >= 4 is 17.8 Å². The number of carbonyl (C=O) groups is 1. The maximum atomic E-state index is 12.2. The first kappa shape index (κ1) is 18.1. The van der Waals surface area contributed by atoms with E-state index in [0.717, 1.165) is 6.08 Å². The van der Waals surface area contributed by atoms with Crippen molar-refractivity contribution in [2.75, 3.05) is 7.11 Å². The van der Waals surface area contributed by atoms with Crippen molar-refractivity contribution in [3.05, 3.63) is 71.3 Å². The van der Waals surface area contributed by atoms with Crippen LogP contribution in [0.15, 0.2) is 59.8 Å². The molecule has 5 nitrogen and oxygen atoms in total. The SMILES string of the molecule is CO/N=C(/C(=O)O)c1ccccc1COc1ccc(C=C(F)F)cc1. The van der Waals surface area contributed by atoms with Crippen LogP contribution >= 0.6 is 0 Å². The molecule has 0 atom stereocenters. The molecule has 7 heteroatoms. The van der Waals surface area contributed by atoms with Crippen LogP contribution in [0.1, 0.15) is 16.7 Å². The Morgan fingerprint density at radius 3 is 2.44 bits per heavy atom. The zero-order valence-corrected chi connectivity index (χ0v) is 13.3. The average Bonchev–Trinajstić information content (AvgIpc) is 2.59. The van der Waals surface area contributed by atoms with E-state index >= 15 is 0 Å². The second-order valence-corrected chi connectivity index (χ2v) is 4.88. The Morgan fingerprint density at radius 2 is 1.84 bits per heavy atom. The fourth-order valence-corrected chi connectivity index (χ4v) is 2.12. The van der Waals surface area contributed by atoms with Crippen molar-refractivity contribution in [2.24, 2.45) is 5.16 Å². The fourth-order valence-electron chi connectivity index (χ4n) is 2.12. The molecule has 0 bridgehead atoms. The highest BCUT2D eigenvalue weighted by Crippen LogP contribution is 2.18. The molecule has 0 unspecified atom stereocenters. The largest absolute Gasteiger partial charge is 0.489 e. The summed E-state index contributed by atoms with van der Waals surface area (Å²) >= 11 is 0. The highest BCUT2D eigenvalue weighted by Gasteiger charge is 2.17. The summed E-state index contributed by atoms with van der Waals surface area (Å²) in [6.07, 6.45) is -1.03. The Kier molecular flexibility index (Phi) is 6.22. The molecule has 0 saturated heterocycles. The summed E-state index contributed by atoms with van der Waals surface area (Å²) in [4.78, 5) is 15.9. The number of carboxylic acid groups (broad SMARTS) is 1. The average molecular weight is 347 g/mol. The predicted molar refractivity (Wildman–Crippen MR) is 88.6 cm³/mol. The van der Waals surface area contributed by atoms with Gasteiger partial charge in [-0.2, -0.15) is 8.78 Å². The lowest BCUT2D eigenvalue weighted by molar-refractivity contribution is -0.129. The van der Waals surface area contributed by atoms with Crippen LogP contribution in [0.5, 0.6) is 5.75 Å². The molecular formula is C18H15F2NO4. The second-order valence-electron chi connectivity index (χ2n) is 4.88. The number of benzene rings is 2. The number of nitrogens with zero attached hydrogens (tertiary/aromatic N) is 1. The zero-order chi connectivity index (χ0) is 18.2. The Labute approximate surface area is 142 Å². The van der Waals surface area contributed by atoms with E-state index < -0.39 is 12.0 Å². The first-order valence-corrected chi connectivity index (χ1v) is 7.19. The molecule has 2 aromatic carbocycles. The van der Waals surface area contributed by atoms with Gasteiger partial charge >= 0.3 is 5.97 Å². The first-order chi connectivity index (χ1) is 12.0.